The average Bonchev–Trinajstić information content (AvgIpc) is 2.72. The van der Waals surface area contributed by atoms with Gasteiger partial charge >= 0.3 is 12.2 Å². The Labute approximate surface area is 127 Å². The van der Waals surface area contributed by atoms with E-state index >= 15 is 0 Å². The number of nitrogens with one attached hydrogen (secondary N) is 1. The lowest BCUT2D eigenvalue weighted by Crippen LogP contribution is -2.38. The van der Waals surface area contributed by atoms with Crippen LogP contribution in [0.25, 0.3) is 0 Å². The molecule has 2 rings (SSSR count). The molecule has 0 unspecified atom stereocenters. The van der Waals surface area contributed by atoms with Gasteiger partial charge in [0.2, 0.25) is 0 Å². The van der Waals surface area contributed by atoms with Gasteiger partial charge in [0.25, 0.3) is 0 Å². The molecule has 0 bridgehead atoms. The summed E-state index contributed by atoms with van der Waals surface area (Å²) in [5, 5.41) is 2.40. The molecule has 1 N–H and O–H groups in total. The minimum Gasteiger partial charge on any atom is -0.323 e. The van der Waals surface area contributed by atoms with E-state index in [1.54, 1.807) is 4.90 Å². The molecule has 1 fully saturated rings. The van der Waals surface area contributed by atoms with Gasteiger partial charge in [-0.1, -0.05) is 19.1 Å². The number of carbonyl (C=O) groups excluding carboxylic acids is 1. The molecular weight excluding hydrogens is 295 g/mol. The van der Waals surface area contributed by atoms with Crippen molar-refractivity contribution in [3.05, 3.63) is 29.8 Å². The summed E-state index contributed by atoms with van der Waals surface area (Å²) < 4.78 is 38.8. The third kappa shape index (κ3) is 4.13. The number of alkyl halides is 3. The zero-order chi connectivity index (χ0) is 16.2. The zero-order valence-corrected chi connectivity index (χ0v) is 12.5. The summed E-state index contributed by atoms with van der Waals surface area (Å²) >= 11 is 0. The van der Waals surface area contributed by atoms with Gasteiger partial charge in [0, 0.05) is 19.6 Å². The number of halogens is 3. The Bertz CT molecular complexity index is 519. The normalized spacial score (nSPS) is 17.2. The van der Waals surface area contributed by atoms with Crippen LogP contribution in [0.1, 0.15) is 18.9 Å². The van der Waals surface area contributed by atoms with Crippen molar-refractivity contribution < 1.29 is 18.0 Å². The number of nitrogens with zero attached hydrogens (tertiary/aromatic N) is 2. The first-order valence-corrected chi connectivity index (χ1v) is 7.36. The molecule has 0 radical (unpaired) electrons. The number of hydrogen-bond acceptors (Lipinski definition) is 2. The van der Waals surface area contributed by atoms with E-state index < -0.39 is 17.8 Å². The summed E-state index contributed by atoms with van der Waals surface area (Å²) in [6.07, 6.45) is -3.66. The maximum Gasteiger partial charge on any atom is 0.418 e. The van der Waals surface area contributed by atoms with Crippen LogP contribution >= 0.6 is 0 Å². The van der Waals surface area contributed by atoms with Gasteiger partial charge in [-0.3, -0.25) is 0 Å². The van der Waals surface area contributed by atoms with Crippen molar-refractivity contribution in [1.82, 2.24) is 9.80 Å². The Kier molecular flexibility index (Phi) is 5.28. The lowest BCUT2D eigenvalue weighted by Gasteiger charge is -2.22. The fourth-order valence-electron chi connectivity index (χ4n) is 2.52. The first-order valence-electron chi connectivity index (χ1n) is 7.36. The smallest absolute Gasteiger partial charge is 0.323 e. The molecule has 0 atom stereocenters. The maximum atomic E-state index is 12.9. The fraction of sp³-hybridized carbons (Fsp3) is 0.533. The van der Waals surface area contributed by atoms with E-state index in [1.165, 1.54) is 18.2 Å². The van der Waals surface area contributed by atoms with E-state index in [-0.39, 0.29) is 5.69 Å². The van der Waals surface area contributed by atoms with Gasteiger partial charge in [0.15, 0.2) is 0 Å². The SMILES string of the molecule is CCN1CCCN(C(=O)Nc2ccccc2C(F)(F)F)CC1. The van der Waals surface area contributed by atoms with Gasteiger partial charge in [-0.15, -0.1) is 0 Å². The fourth-order valence-corrected chi connectivity index (χ4v) is 2.52. The van der Waals surface area contributed by atoms with Gasteiger partial charge < -0.3 is 15.1 Å². The predicted molar refractivity (Wildman–Crippen MR) is 78.8 cm³/mol. The first-order chi connectivity index (χ1) is 10.4. The minimum atomic E-state index is -4.48. The van der Waals surface area contributed by atoms with Crippen LogP contribution in [0.3, 0.4) is 0 Å². The Hall–Kier alpha value is -1.76. The maximum absolute atomic E-state index is 12.9. The monoisotopic (exact) mass is 315 g/mol. The van der Waals surface area contributed by atoms with Gasteiger partial charge in [-0.2, -0.15) is 13.2 Å². The quantitative estimate of drug-likeness (QED) is 0.909. The second kappa shape index (κ2) is 7.00. The summed E-state index contributed by atoms with van der Waals surface area (Å²) in [6, 6.07) is 4.55. The second-order valence-corrected chi connectivity index (χ2v) is 5.25. The summed E-state index contributed by atoms with van der Waals surface area (Å²) in [7, 11) is 0. The number of amides is 2. The summed E-state index contributed by atoms with van der Waals surface area (Å²) in [6.45, 7) is 5.68. The molecule has 1 heterocycles. The molecule has 1 aromatic rings. The van der Waals surface area contributed by atoms with Crippen molar-refractivity contribution >= 4 is 11.7 Å². The molecule has 2 amide bonds. The molecule has 0 aliphatic carbocycles. The van der Waals surface area contributed by atoms with Crippen LogP contribution in [0.2, 0.25) is 0 Å². The van der Waals surface area contributed by atoms with Crippen LogP contribution in [0.5, 0.6) is 0 Å². The Balaban J connectivity index is 2.06. The number of urea groups is 1. The number of hydrogen-bond donors (Lipinski definition) is 1. The van der Waals surface area contributed by atoms with E-state index in [2.05, 4.69) is 17.1 Å². The number of para-hydroxylation sites is 1. The molecule has 1 saturated heterocycles. The summed E-state index contributed by atoms with van der Waals surface area (Å²) in [4.78, 5) is 16.0. The Morgan fingerprint density at radius 2 is 1.91 bits per heavy atom. The van der Waals surface area contributed by atoms with Crippen molar-refractivity contribution in [3.63, 3.8) is 0 Å². The van der Waals surface area contributed by atoms with Crippen LogP contribution in [0.15, 0.2) is 24.3 Å². The Morgan fingerprint density at radius 1 is 1.18 bits per heavy atom. The lowest BCUT2D eigenvalue weighted by molar-refractivity contribution is -0.136. The highest BCUT2D eigenvalue weighted by molar-refractivity contribution is 5.90. The zero-order valence-electron chi connectivity index (χ0n) is 12.5. The topological polar surface area (TPSA) is 35.6 Å². The van der Waals surface area contributed by atoms with Crippen molar-refractivity contribution in [2.24, 2.45) is 0 Å². The Morgan fingerprint density at radius 3 is 2.59 bits per heavy atom. The standard InChI is InChI=1S/C15H20F3N3O/c1-2-20-8-5-9-21(11-10-20)14(22)19-13-7-4-3-6-12(13)15(16,17)18/h3-4,6-7H,2,5,8-11H2,1H3,(H,19,22). The van der Waals surface area contributed by atoms with E-state index in [1.807, 2.05) is 0 Å². The van der Waals surface area contributed by atoms with Crippen LogP contribution < -0.4 is 5.32 Å². The minimum absolute atomic E-state index is 0.198. The van der Waals surface area contributed by atoms with Gasteiger partial charge in [-0.05, 0) is 31.6 Å². The highest BCUT2D eigenvalue weighted by Crippen LogP contribution is 2.34. The van der Waals surface area contributed by atoms with Crippen LogP contribution in [0, 0.1) is 0 Å². The molecule has 122 valence electrons. The predicted octanol–water partition coefficient (Wildman–Crippen LogP) is 3.26. The number of carbonyl (C=O) groups is 1. The van der Waals surface area contributed by atoms with E-state index in [9.17, 15) is 18.0 Å². The van der Waals surface area contributed by atoms with Crippen molar-refractivity contribution in [2.45, 2.75) is 19.5 Å². The number of anilines is 1. The van der Waals surface area contributed by atoms with Gasteiger partial charge in [0.05, 0.1) is 11.3 Å². The van der Waals surface area contributed by atoms with Crippen LogP contribution in [0.4, 0.5) is 23.7 Å². The number of rotatable bonds is 2. The highest BCUT2D eigenvalue weighted by Gasteiger charge is 2.34. The van der Waals surface area contributed by atoms with E-state index in [4.69, 9.17) is 0 Å². The van der Waals surface area contributed by atoms with Crippen molar-refractivity contribution in [1.29, 1.82) is 0 Å². The molecular formula is C15H20F3N3O. The molecule has 1 aliphatic rings. The number of benzene rings is 1. The van der Waals surface area contributed by atoms with E-state index in [0.717, 1.165) is 32.1 Å². The van der Waals surface area contributed by atoms with E-state index in [0.29, 0.717) is 13.1 Å². The molecule has 0 aromatic heterocycles. The van der Waals surface area contributed by atoms with Crippen LogP contribution in [-0.2, 0) is 6.18 Å². The van der Waals surface area contributed by atoms with Gasteiger partial charge in [-0.25, -0.2) is 4.79 Å². The third-order valence-corrected chi connectivity index (χ3v) is 3.80. The van der Waals surface area contributed by atoms with Gasteiger partial charge in [0.1, 0.15) is 0 Å². The average molecular weight is 315 g/mol. The molecule has 22 heavy (non-hydrogen) atoms. The van der Waals surface area contributed by atoms with Crippen LogP contribution in [-0.4, -0.2) is 48.6 Å². The molecule has 1 aromatic carbocycles. The number of likely N-dealkylation sites (N-methyl/N-ethyl adjacent to an activating group) is 1. The molecule has 1 aliphatic heterocycles. The molecule has 4 nitrogen and oxygen atoms in total. The first kappa shape index (κ1) is 16.6. The molecule has 0 saturated carbocycles. The highest BCUT2D eigenvalue weighted by atomic mass is 19.4. The second-order valence-electron chi connectivity index (χ2n) is 5.25. The lowest BCUT2D eigenvalue weighted by atomic mass is 10.1. The molecule has 7 heteroatoms. The largest absolute Gasteiger partial charge is 0.418 e. The molecule has 0 spiro atoms. The summed E-state index contributed by atoms with van der Waals surface area (Å²) in [5.74, 6) is 0. The van der Waals surface area contributed by atoms with Crippen molar-refractivity contribution in [2.75, 3.05) is 38.0 Å². The summed E-state index contributed by atoms with van der Waals surface area (Å²) in [5.41, 5.74) is -1.02. The van der Waals surface area contributed by atoms with Crippen molar-refractivity contribution in [3.8, 4) is 0 Å². The third-order valence-electron chi connectivity index (χ3n) is 3.80.